The van der Waals surface area contributed by atoms with E-state index in [1.54, 1.807) is 7.11 Å². The van der Waals surface area contributed by atoms with E-state index >= 15 is 0 Å². The Labute approximate surface area is 158 Å². The number of anilines is 1. The van der Waals surface area contributed by atoms with Crippen LogP contribution in [0.2, 0.25) is 0 Å². The van der Waals surface area contributed by atoms with Crippen LogP contribution < -0.4 is 24.4 Å². The highest BCUT2D eigenvalue weighted by atomic mass is 16.7. The predicted molar refractivity (Wildman–Crippen MR) is 102 cm³/mol. The zero-order valence-corrected chi connectivity index (χ0v) is 15.3. The molecule has 2 aromatic rings. The first kappa shape index (κ1) is 17.3. The summed E-state index contributed by atoms with van der Waals surface area (Å²) in [6, 6.07) is 13.6. The largest absolute Gasteiger partial charge is 0.497 e. The van der Waals surface area contributed by atoms with E-state index < -0.39 is 0 Å². The average Bonchev–Trinajstić information content (AvgIpc) is 3.20. The molecular formula is C20H23N3O4. The number of nitrogens with zero attached hydrogens (tertiary/aromatic N) is 2. The highest BCUT2D eigenvalue weighted by molar-refractivity contribution is 5.74. The second-order valence-electron chi connectivity index (χ2n) is 6.52. The molecule has 4 rings (SSSR count). The minimum atomic E-state index is -0.0313. The Balaban J connectivity index is 1.27. The number of methoxy groups -OCH3 is 1. The predicted octanol–water partition coefficient (Wildman–Crippen LogP) is 2.46. The monoisotopic (exact) mass is 369 g/mol. The number of urea groups is 1. The fraction of sp³-hybridized carbons (Fsp3) is 0.350. The van der Waals surface area contributed by atoms with Gasteiger partial charge in [-0.15, -0.1) is 0 Å². The number of benzene rings is 2. The van der Waals surface area contributed by atoms with Crippen LogP contribution in [-0.4, -0.2) is 51.0 Å². The van der Waals surface area contributed by atoms with Crippen molar-refractivity contribution in [2.24, 2.45) is 0 Å². The summed E-state index contributed by atoms with van der Waals surface area (Å²) in [6.45, 7) is 3.73. The number of fused-ring (bicyclic) bond motifs is 1. The second-order valence-corrected chi connectivity index (χ2v) is 6.52. The number of carbonyl (C=O) groups is 1. The lowest BCUT2D eigenvalue weighted by molar-refractivity contribution is 0.174. The number of hydrogen-bond acceptors (Lipinski definition) is 5. The Morgan fingerprint density at radius 1 is 1.04 bits per heavy atom. The first-order chi connectivity index (χ1) is 13.2. The average molecular weight is 369 g/mol. The molecule has 7 nitrogen and oxygen atoms in total. The maximum atomic E-state index is 12.4. The standard InChI is InChI=1S/C20H23N3O4/c1-25-17-5-2-15(3-6-17)13-21-20(24)23-10-8-22(9-11-23)16-4-7-18-19(12-16)27-14-26-18/h2-7,12H,8-11,13-14H2,1H3,(H,21,24). The van der Waals surface area contributed by atoms with Crippen molar-refractivity contribution >= 4 is 11.7 Å². The van der Waals surface area contributed by atoms with Gasteiger partial charge in [-0.2, -0.15) is 0 Å². The van der Waals surface area contributed by atoms with Crippen molar-refractivity contribution in [2.75, 3.05) is 45.0 Å². The number of nitrogens with one attached hydrogen (secondary N) is 1. The van der Waals surface area contributed by atoms with Crippen LogP contribution in [0.3, 0.4) is 0 Å². The summed E-state index contributed by atoms with van der Waals surface area (Å²) in [5.74, 6) is 2.38. The van der Waals surface area contributed by atoms with Crippen LogP contribution in [0.25, 0.3) is 0 Å². The van der Waals surface area contributed by atoms with Crippen LogP contribution >= 0.6 is 0 Å². The van der Waals surface area contributed by atoms with E-state index in [2.05, 4.69) is 10.2 Å². The van der Waals surface area contributed by atoms with Gasteiger partial charge >= 0.3 is 6.03 Å². The normalized spacial score (nSPS) is 15.6. The van der Waals surface area contributed by atoms with Gasteiger partial charge in [-0.1, -0.05) is 12.1 Å². The fourth-order valence-corrected chi connectivity index (χ4v) is 3.28. The van der Waals surface area contributed by atoms with Gasteiger partial charge in [-0.3, -0.25) is 0 Å². The van der Waals surface area contributed by atoms with Crippen LogP contribution in [0.4, 0.5) is 10.5 Å². The molecule has 1 saturated heterocycles. The summed E-state index contributed by atoms with van der Waals surface area (Å²) in [5, 5.41) is 2.99. The van der Waals surface area contributed by atoms with Gasteiger partial charge in [0.2, 0.25) is 6.79 Å². The minimum absolute atomic E-state index is 0.0313. The van der Waals surface area contributed by atoms with E-state index in [-0.39, 0.29) is 12.8 Å². The molecule has 0 saturated carbocycles. The quantitative estimate of drug-likeness (QED) is 0.897. The molecule has 0 aliphatic carbocycles. The summed E-state index contributed by atoms with van der Waals surface area (Å²) < 4.78 is 15.9. The van der Waals surface area contributed by atoms with Crippen LogP contribution in [0.15, 0.2) is 42.5 Å². The molecular weight excluding hydrogens is 346 g/mol. The van der Waals surface area contributed by atoms with E-state index in [1.165, 1.54) is 0 Å². The van der Waals surface area contributed by atoms with Gasteiger partial charge in [0.1, 0.15) is 5.75 Å². The van der Waals surface area contributed by atoms with Crippen LogP contribution in [0, 0.1) is 0 Å². The number of piperazine rings is 1. The summed E-state index contributed by atoms with van der Waals surface area (Å²) in [7, 11) is 1.64. The van der Waals surface area contributed by atoms with Gasteiger partial charge in [-0.25, -0.2) is 4.79 Å². The molecule has 0 aromatic heterocycles. The molecule has 0 unspecified atom stereocenters. The van der Waals surface area contributed by atoms with Crippen molar-refractivity contribution in [1.82, 2.24) is 10.2 Å². The molecule has 0 spiro atoms. The zero-order valence-electron chi connectivity index (χ0n) is 15.3. The summed E-state index contributed by atoms with van der Waals surface area (Å²) in [5.41, 5.74) is 2.14. The SMILES string of the molecule is COc1ccc(CNC(=O)N2CCN(c3ccc4c(c3)OCO4)CC2)cc1. The van der Waals surface area contributed by atoms with E-state index in [1.807, 2.05) is 47.4 Å². The highest BCUT2D eigenvalue weighted by Crippen LogP contribution is 2.35. The molecule has 7 heteroatoms. The topological polar surface area (TPSA) is 63.3 Å². The molecule has 0 bridgehead atoms. The third-order valence-electron chi connectivity index (χ3n) is 4.89. The molecule has 142 valence electrons. The van der Waals surface area contributed by atoms with E-state index in [9.17, 15) is 4.79 Å². The number of hydrogen-bond donors (Lipinski definition) is 1. The van der Waals surface area contributed by atoms with Gasteiger partial charge in [0.15, 0.2) is 11.5 Å². The van der Waals surface area contributed by atoms with Crippen molar-refractivity contribution in [1.29, 1.82) is 0 Å². The molecule has 2 amide bonds. The molecule has 27 heavy (non-hydrogen) atoms. The highest BCUT2D eigenvalue weighted by Gasteiger charge is 2.22. The van der Waals surface area contributed by atoms with Crippen molar-refractivity contribution in [3.05, 3.63) is 48.0 Å². The molecule has 2 aliphatic rings. The Morgan fingerprint density at radius 3 is 2.52 bits per heavy atom. The van der Waals surface area contributed by atoms with Gasteiger partial charge < -0.3 is 29.3 Å². The molecule has 2 heterocycles. The molecule has 1 fully saturated rings. The van der Waals surface area contributed by atoms with Gasteiger partial charge in [0.25, 0.3) is 0 Å². The summed E-state index contributed by atoms with van der Waals surface area (Å²) in [6.07, 6.45) is 0. The first-order valence-electron chi connectivity index (χ1n) is 9.03. The van der Waals surface area contributed by atoms with Crippen molar-refractivity contribution in [3.8, 4) is 17.2 Å². The molecule has 2 aliphatic heterocycles. The Hall–Kier alpha value is -3.09. The second kappa shape index (κ2) is 7.65. The minimum Gasteiger partial charge on any atom is -0.497 e. The number of carbonyl (C=O) groups excluding carboxylic acids is 1. The Kier molecular flexibility index (Phi) is 4.91. The third-order valence-corrected chi connectivity index (χ3v) is 4.89. The van der Waals surface area contributed by atoms with Crippen LogP contribution in [-0.2, 0) is 6.54 Å². The molecule has 1 N–H and O–H groups in total. The number of amides is 2. The number of ether oxygens (including phenoxy) is 3. The molecule has 2 aromatic carbocycles. The maximum Gasteiger partial charge on any atom is 0.317 e. The van der Waals surface area contributed by atoms with Crippen LogP contribution in [0.5, 0.6) is 17.2 Å². The third kappa shape index (κ3) is 3.86. The van der Waals surface area contributed by atoms with E-state index in [0.29, 0.717) is 19.6 Å². The lowest BCUT2D eigenvalue weighted by atomic mass is 10.2. The van der Waals surface area contributed by atoms with E-state index in [0.717, 1.165) is 41.6 Å². The van der Waals surface area contributed by atoms with Crippen molar-refractivity contribution in [2.45, 2.75) is 6.54 Å². The summed E-state index contributed by atoms with van der Waals surface area (Å²) >= 11 is 0. The van der Waals surface area contributed by atoms with Gasteiger partial charge in [0.05, 0.1) is 7.11 Å². The zero-order chi connectivity index (χ0) is 18.6. The molecule has 0 atom stereocenters. The first-order valence-corrected chi connectivity index (χ1v) is 9.03. The Morgan fingerprint density at radius 2 is 1.78 bits per heavy atom. The van der Waals surface area contributed by atoms with Crippen molar-refractivity contribution in [3.63, 3.8) is 0 Å². The Bertz CT molecular complexity index is 801. The van der Waals surface area contributed by atoms with E-state index in [4.69, 9.17) is 14.2 Å². The lowest BCUT2D eigenvalue weighted by Gasteiger charge is -2.36. The van der Waals surface area contributed by atoms with Crippen molar-refractivity contribution < 1.29 is 19.0 Å². The summed E-state index contributed by atoms with van der Waals surface area (Å²) in [4.78, 5) is 16.5. The van der Waals surface area contributed by atoms with Gasteiger partial charge in [-0.05, 0) is 29.8 Å². The van der Waals surface area contributed by atoms with Gasteiger partial charge in [0, 0.05) is 44.5 Å². The number of rotatable bonds is 4. The smallest absolute Gasteiger partial charge is 0.317 e. The molecule has 0 radical (unpaired) electrons. The fourth-order valence-electron chi connectivity index (χ4n) is 3.28. The maximum absolute atomic E-state index is 12.4. The lowest BCUT2D eigenvalue weighted by Crippen LogP contribution is -2.51. The van der Waals surface area contributed by atoms with Crippen LogP contribution in [0.1, 0.15) is 5.56 Å².